The van der Waals surface area contributed by atoms with Crippen molar-refractivity contribution < 1.29 is 29.3 Å². The van der Waals surface area contributed by atoms with Crippen LogP contribution in [0.3, 0.4) is 0 Å². The molecule has 0 saturated heterocycles. The number of benzene rings is 2. The topological polar surface area (TPSA) is 96.3 Å². The van der Waals surface area contributed by atoms with E-state index in [4.69, 9.17) is 29.3 Å². The van der Waals surface area contributed by atoms with Gasteiger partial charge in [0.05, 0.1) is 13.2 Å². The maximum Gasteiger partial charge on any atom is 0.414 e. The fraction of sp³-hybridized carbons (Fsp3) is 0.364. The summed E-state index contributed by atoms with van der Waals surface area (Å²) in [6.45, 7) is 5.92. The normalized spacial score (nSPS) is 10.3. The molecule has 158 valence electrons. The van der Waals surface area contributed by atoms with Gasteiger partial charge in [-0.1, -0.05) is 42.5 Å². The highest BCUT2D eigenvalue weighted by molar-refractivity contribution is 6.27. The van der Waals surface area contributed by atoms with Crippen LogP contribution in [0.25, 0.3) is 0 Å². The van der Waals surface area contributed by atoms with Crippen LogP contribution in [-0.4, -0.2) is 53.9 Å². The van der Waals surface area contributed by atoms with E-state index in [1.807, 2.05) is 26.0 Å². The van der Waals surface area contributed by atoms with Gasteiger partial charge < -0.3 is 24.6 Å². The van der Waals surface area contributed by atoms with E-state index in [1.54, 1.807) is 7.11 Å². The van der Waals surface area contributed by atoms with Crippen molar-refractivity contribution in [2.75, 3.05) is 20.7 Å². The Balaban J connectivity index is 0.000000612. The number of methoxy groups -OCH3 is 1. The van der Waals surface area contributed by atoms with Gasteiger partial charge in [-0.05, 0) is 38.9 Å². The first-order valence-electron chi connectivity index (χ1n) is 9.25. The maximum atomic E-state index is 9.10. The number of hydrogen-bond donors (Lipinski definition) is 2. The average Bonchev–Trinajstić information content (AvgIpc) is 2.68. The second-order valence-electron chi connectivity index (χ2n) is 6.70. The predicted molar refractivity (Wildman–Crippen MR) is 111 cm³/mol. The molecule has 0 radical (unpaired) electrons. The van der Waals surface area contributed by atoms with Crippen molar-refractivity contribution in [3.05, 3.63) is 59.7 Å². The van der Waals surface area contributed by atoms with E-state index in [0.717, 1.165) is 36.6 Å². The molecule has 0 bridgehead atoms. The van der Waals surface area contributed by atoms with Crippen LogP contribution in [0.4, 0.5) is 0 Å². The second-order valence-corrected chi connectivity index (χ2v) is 6.70. The van der Waals surface area contributed by atoms with E-state index in [2.05, 4.69) is 48.3 Å². The van der Waals surface area contributed by atoms with Gasteiger partial charge in [0, 0.05) is 18.7 Å². The van der Waals surface area contributed by atoms with Crippen molar-refractivity contribution in [2.45, 2.75) is 32.9 Å². The molecule has 2 aromatic rings. The van der Waals surface area contributed by atoms with Crippen molar-refractivity contribution >= 4 is 11.9 Å². The highest BCUT2D eigenvalue weighted by Crippen LogP contribution is 2.32. The SMILES string of the molecule is COc1cccc(CN(C)CCc2ccccc2)c1OC(C)C.O=C(O)C(=O)O. The van der Waals surface area contributed by atoms with Crippen LogP contribution < -0.4 is 9.47 Å². The minimum absolute atomic E-state index is 0.125. The Bertz CT molecular complexity index is 764. The van der Waals surface area contributed by atoms with E-state index in [-0.39, 0.29) is 6.10 Å². The van der Waals surface area contributed by atoms with Gasteiger partial charge in [-0.15, -0.1) is 0 Å². The molecule has 2 aromatic carbocycles. The van der Waals surface area contributed by atoms with E-state index in [0.29, 0.717) is 0 Å². The van der Waals surface area contributed by atoms with Crippen LogP contribution in [0.15, 0.2) is 48.5 Å². The van der Waals surface area contributed by atoms with E-state index in [1.165, 1.54) is 5.56 Å². The molecular weight excluding hydrogens is 374 g/mol. The molecule has 0 atom stereocenters. The number of likely N-dealkylation sites (N-methyl/N-ethyl adjacent to an activating group) is 1. The Morgan fingerprint density at radius 1 is 1.00 bits per heavy atom. The molecule has 7 heteroatoms. The summed E-state index contributed by atoms with van der Waals surface area (Å²) in [5, 5.41) is 14.8. The summed E-state index contributed by atoms with van der Waals surface area (Å²) >= 11 is 0. The van der Waals surface area contributed by atoms with Crippen LogP contribution in [0, 0.1) is 0 Å². The zero-order chi connectivity index (χ0) is 21.8. The first-order chi connectivity index (χ1) is 13.7. The van der Waals surface area contributed by atoms with Crippen molar-refractivity contribution in [3.8, 4) is 11.5 Å². The second kappa shape index (κ2) is 12.4. The lowest BCUT2D eigenvalue weighted by Crippen LogP contribution is -2.21. The smallest absolute Gasteiger partial charge is 0.414 e. The fourth-order valence-electron chi connectivity index (χ4n) is 2.55. The molecule has 0 amide bonds. The number of para-hydroxylation sites is 1. The van der Waals surface area contributed by atoms with Crippen molar-refractivity contribution in [2.24, 2.45) is 0 Å². The Morgan fingerprint density at radius 3 is 2.14 bits per heavy atom. The molecule has 0 fully saturated rings. The zero-order valence-electron chi connectivity index (χ0n) is 17.3. The highest BCUT2D eigenvalue weighted by Gasteiger charge is 2.13. The van der Waals surface area contributed by atoms with Crippen LogP contribution in [0.1, 0.15) is 25.0 Å². The lowest BCUT2D eigenvalue weighted by Gasteiger charge is -2.21. The predicted octanol–water partition coefficient (Wildman–Crippen LogP) is 3.31. The summed E-state index contributed by atoms with van der Waals surface area (Å²) in [6.07, 6.45) is 1.17. The van der Waals surface area contributed by atoms with Gasteiger partial charge in [-0.2, -0.15) is 0 Å². The number of rotatable bonds is 8. The van der Waals surface area contributed by atoms with Gasteiger partial charge in [0.25, 0.3) is 0 Å². The molecule has 0 aromatic heterocycles. The van der Waals surface area contributed by atoms with Crippen LogP contribution in [0.5, 0.6) is 11.5 Å². The molecule has 2 rings (SSSR count). The van der Waals surface area contributed by atoms with Gasteiger partial charge in [0.1, 0.15) is 0 Å². The number of ether oxygens (including phenoxy) is 2. The molecule has 0 heterocycles. The Labute approximate surface area is 171 Å². The molecule has 0 aliphatic carbocycles. The number of carboxylic acids is 2. The monoisotopic (exact) mass is 403 g/mol. The third-order valence-electron chi connectivity index (χ3n) is 3.88. The molecule has 0 spiro atoms. The molecule has 0 unspecified atom stereocenters. The summed E-state index contributed by atoms with van der Waals surface area (Å²) in [6, 6.07) is 16.7. The fourth-order valence-corrected chi connectivity index (χ4v) is 2.55. The van der Waals surface area contributed by atoms with Gasteiger partial charge in [-0.25, -0.2) is 9.59 Å². The Kier molecular flexibility index (Phi) is 10.3. The molecular formula is C22H29NO6. The number of nitrogens with zero attached hydrogens (tertiary/aromatic N) is 1. The molecule has 0 aliphatic heterocycles. The standard InChI is InChI=1S/C20H27NO2.C2H2O4/c1-16(2)23-20-18(11-8-12-19(20)22-4)15-21(3)14-13-17-9-6-5-7-10-17;3-1(4)2(5)6/h5-12,16H,13-15H2,1-4H3;(H,3,4)(H,5,6). The Morgan fingerprint density at radius 2 is 1.62 bits per heavy atom. The van der Waals surface area contributed by atoms with Crippen molar-refractivity contribution in [1.29, 1.82) is 0 Å². The van der Waals surface area contributed by atoms with Crippen molar-refractivity contribution in [1.82, 2.24) is 4.90 Å². The first kappa shape index (κ1) is 24.0. The number of aliphatic carboxylic acids is 2. The number of carboxylic acid groups (broad SMARTS) is 2. The third kappa shape index (κ3) is 9.12. The molecule has 0 aliphatic rings. The van der Waals surface area contributed by atoms with Gasteiger partial charge in [0.2, 0.25) is 0 Å². The minimum atomic E-state index is -1.82. The highest BCUT2D eigenvalue weighted by atomic mass is 16.5. The molecule has 29 heavy (non-hydrogen) atoms. The molecule has 0 saturated carbocycles. The molecule has 2 N–H and O–H groups in total. The summed E-state index contributed by atoms with van der Waals surface area (Å²) in [5.41, 5.74) is 2.53. The van der Waals surface area contributed by atoms with Gasteiger partial charge in [0.15, 0.2) is 11.5 Å². The lowest BCUT2D eigenvalue weighted by atomic mass is 10.1. The van der Waals surface area contributed by atoms with E-state index < -0.39 is 11.9 Å². The van der Waals surface area contributed by atoms with Crippen LogP contribution >= 0.6 is 0 Å². The third-order valence-corrected chi connectivity index (χ3v) is 3.88. The van der Waals surface area contributed by atoms with Crippen molar-refractivity contribution in [3.63, 3.8) is 0 Å². The van der Waals surface area contributed by atoms with Gasteiger partial charge >= 0.3 is 11.9 Å². The number of carbonyl (C=O) groups is 2. The van der Waals surface area contributed by atoms with E-state index in [9.17, 15) is 0 Å². The Hall–Kier alpha value is -3.06. The maximum absolute atomic E-state index is 9.10. The summed E-state index contributed by atoms with van der Waals surface area (Å²) < 4.78 is 11.4. The lowest BCUT2D eigenvalue weighted by molar-refractivity contribution is -0.159. The summed E-state index contributed by atoms with van der Waals surface area (Å²) in [4.78, 5) is 20.5. The number of hydrogen-bond acceptors (Lipinski definition) is 5. The average molecular weight is 403 g/mol. The largest absolute Gasteiger partial charge is 0.493 e. The summed E-state index contributed by atoms with van der Waals surface area (Å²) in [5.74, 6) is -1.99. The van der Waals surface area contributed by atoms with Crippen LogP contribution in [-0.2, 0) is 22.6 Å². The minimum Gasteiger partial charge on any atom is -0.493 e. The van der Waals surface area contributed by atoms with Crippen LogP contribution in [0.2, 0.25) is 0 Å². The molecule has 7 nitrogen and oxygen atoms in total. The van der Waals surface area contributed by atoms with E-state index >= 15 is 0 Å². The summed E-state index contributed by atoms with van der Waals surface area (Å²) in [7, 11) is 3.83. The first-order valence-corrected chi connectivity index (χ1v) is 9.25. The zero-order valence-corrected chi connectivity index (χ0v) is 17.3. The van der Waals surface area contributed by atoms with Gasteiger partial charge in [-0.3, -0.25) is 0 Å². The quantitative estimate of drug-likeness (QED) is 0.653.